The Bertz CT molecular complexity index is 633. The van der Waals surface area contributed by atoms with E-state index < -0.39 is 18.7 Å². The first-order chi connectivity index (χ1) is 9.24. The Balaban J connectivity index is 2.17. The molecule has 0 amide bonds. The number of rotatable bonds is 4. The molecule has 0 saturated carbocycles. The summed E-state index contributed by atoms with van der Waals surface area (Å²) in [6, 6.07) is 6.14. The number of hydrogen-bond acceptors (Lipinski definition) is 3. The van der Waals surface area contributed by atoms with Crippen LogP contribution in [0.3, 0.4) is 0 Å². The average Bonchev–Trinajstić information content (AvgIpc) is 2.69. The van der Waals surface area contributed by atoms with E-state index in [9.17, 15) is 18.0 Å². The summed E-state index contributed by atoms with van der Waals surface area (Å²) in [4.78, 5) is 11.9. The van der Waals surface area contributed by atoms with E-state index in [-0.39, 0.29) is 12.3 Å². The highest BCUT2D eigenvalue weighted by Crippen LogP contribution is 2.22. The van der Waals surface area contributed by atoms with Gasteiger partial charge in [-0.2, -0.15) is 13.2 Å². The number of benzene rings is 1. The van der Waals surface area contributed by atoms with Crippen LogP contribution in [0.5, 0.6) is 0 Å². The molecule has 0 bridgehead atoms. The van der Waals surface area contributed by atoms with Gasteiger partial charge in [-0.25, -0.2) is 4.79 Å². The highest BCUT2D eigenvalue weighted by molar-refractivity contribution is 5.91. The summed E-state index contributed by atoms with van der Waals surface area (Å²) in [7, 11) is 1.37. The second-order valence-electron chi connectivity index (χ2n) is 4.58. The van der Waals surface area contributed by atoms with Crippen LogP contribution in [0.1, 0.15) is 16.1 Å². The Labute approximate surface area is 112 Å². The quantitative estimate of drug-likeness (QED) is 0.938. The molecule has 0 saturated heterocycles. The van der Waals surface area contributed by atoms with E-state index in [1.54, 1.807) is 18.2 Å². The third kappa shape index (κ3) is 3.51. The number of fused-ring (bicyclic) bond motifs is 1. The maximum Gasteiger partial charge on any atom is 0.401 e. The minimum atomic E-state index is -4.25. The smallest absolute Gasteiger partial charge is 0.401 e. The number of alkyl halides is 3. The molecule has 7 heteroatoms. The van der Waals surface area contributed by atoms with Crippen LogP contribution in [0, 0.1) is 0 Å². The molecule has 0 radical (unpaired) electrons. The predicted octanol–water partition coefficient (Wildman–Crippen LogP) is 3.13. The fourth-order valence-corrected chi connectivity index (χ4v) is 1.97. The summed E-state index contributed by atoms with van der Waals surface area (Å²) < 4.78 is 41.8. The molecule has 0 fully saturated rings. The highest BCUT2D eigenvalue weighted by atomic mass is 19.4. The van der Waals surface area contributed by atoms with Gasteiger partial charge in [0, 0.05) is 11.9 Å². The lowest BCUT2D eigenvalue weighted by Crippen LogP contribution is -2.30. The Hall–Kier alpha value is -2.02. The number of nitrogens with zero attached hydrogens (tertiary/aromatic N) is 1. The molecule has 0 aliphatic carbocycles. The molecule has 1 aromatic carbocycles. The van der Waals surface area contributed by atoms with Crippen LogP contribution in [0.25, 0.3) is 11.0 Å². The van der Waals surface area contributed by atoms with E-state index in [0.29, 0.717) is 16.5 Å². The van der Waals surface area contributed by atoms with Gasteiger partial charge in [-0.15, -0.1) is 0 Å². The summed E-state index contributed by atoms with van der Waals surface area (Å²) in [5, 5.41) is 9.36. The van der Waals surface area contributed by atoms with Crippen LogP contribution in [-0.4, -0.2) is 35.7 Å². The van der Waals surface area contributed by atoms with Crippen LogP contribution in [0.15, 0.2) is 28.7 Å². The van der Waals surface area contributed by atoms with Gasteiger partial charge >= 0.3 is 12.1 Å². The predicted molar refractivity (Wildman–Crippen MR) is 65.6 cm³/mol. The molecule has 4 nitrogen and oxygen atoms in total. The zero-order chi connectivity index (χ0) is 14.9. The van der Waals surface area contributed by atoms with Crippen LogP contribution in [0.4, 0.5) is 13.2 Å². The summed E-state index contributed by atoms with van der Waals surface area (Å²) in [6.07, 6.45) is -4.25. The second kappa shape index (κ2) is 5.16. The monoisotopic (exact) mass is 287 g/mol. The van der Waals surface area contributed by atoms with Gasteiger partial charge in [0.05, 0.1) is 6.54 Å². The Morgan fingerprint density at radius 2 is 2.05 bits per heavy atom. The summed E-state index contributed by atoms with van der Waals surface area (Å²) in [5.41, 5.74) is 1.05. The van der Waals surface area contributed by atoms with Crippen LogP contribution in [-0.2, 0) is 6.54 Å². The van der Waals surface area contributed by atoms with Gasteiger partial charge in [0.25, 0.3) is 0 Å². The highest BCUT2D eigenvalue weighted by Gasteiger charge is 2.29. The number of hydrogen-bond donors (Lipinski definition) is 1. The SMILES string of the molecule is CN(Cc1ccc2oc(C(=O)O)cc2c1)CC(F)(F)F. The molecule has 0 aliphatic heterocycles. The number of carboxylic acids is 1. The van der Waals surface area contributed by atoms with Gasteiger partial charge in [0.1, 0.15) is 5.58 Å². The second-order valence-corrected chi connectivity index (χ2v) is 4.58. The average molecular weight is 287 g/mol. The van der Waals surface area contributed by atoms with E-state index in [1.165, 1.54) is 13.1 Å². The first-order valence-electron chi connectivity index (χ1n) is 5.76. The molecule has 1 heterocycles. The number of aromatic carboxylic acids is 1. The lowest BCUT2D eigenvalue weighted by Gasteiger charge is -2.18. The molecule has 0 atom stereocenters. The normalized spacial score (nSPS) is 12.2. The molecule has 0 spiro atoms. The molecule has 2 aromatic rings. The van der Waals surface area contributed by atoms with Crippen molar-refractivity contribution in [3.05, 3.63) is 35.6 Å². The molecule has 20 heavy (non-hydrogen) atoms. The largest absolute Gasteiger partial charge is 0.475 e. The van der Waals surface area contributed by atoms with E-state index >= 15 is 0 Å². The first kappa shape index (κ1) is 14.4. The topological polar surface area (TPSA) is 53.7 Å². The van der Waals surface area contributed by atoms with E-state index in [2.05, 4.69) is 0 Å². The fourth-order valence-electron chi connectivity index (χ4n) is 1.97. The van der Waals surface area contributed by atoms with Crippen LogP contribution < -0.4 is 0 Å². The maximum absolute atomic E-state index is 12.2. The first-order valence-corrected chi connectivity index (χ1v) is 5.76. The van der Waals surface area contributed by atoms with Gasteiger partial charge in [-0.05, 0) is 30.8 Å². The van der Waals surface area contributed by atoms with Crippen molar-refractivity contribution in [1.82, 2.24) is 4.90 Å². The molecule has 2 rings (SSSR count). The van der Waals surface area contributed by atoms with Crippen LogP contribution in [0.2, 0.25) is 0 Å². The molecule has 1 aromatic heterocycles. The van der Waals surface area contributed by atoms with E-state index in [0.717, 1.165) is 4.90 Å². The van der Waals surface area contributed by atoms with E-state index in [4.69, 9.17) is 9.52 Å². The Morgan fingerprint density at radius 3 is 2.65 bits per heavy atom. The van der Waals surface area contributed by atoms with Crippen molar-refractivity contribution in [2.75, 3.05) is 13.6 Å². The molecule has 0 aliphatic rings. The minimum Gasteiger partial charge on any atom is -0.475 e. The number of carboxylic acid groups (broad SMARTS) is 1. The zero-order valence-electron chi connectivity index (χ0n) is 10.6. The van der Waals surface area contributed by atoms with Crippen molar-refractivity contribution in [2.45, 2.75) is 12.7 Å². The summed E-state index contributed by atoms with van der Waals surface area (Å²) >= 11 is 0. The number of halogens is 3. The Morgan fingerprint density at radius 1 is 1.35 bits per heavy atom. The summed E-state index contributed by atoms with van der Waals surface area (Å²) in [5.74, 6) is -1.38. The summed E-state index contributed by atoms with van der Waals surface area (Å²) in [6.45, 7) is -0.889. The van der Waals surface area contributed by atoms with Gasteiger partial charge in [0.2, 0.25) is 5.76 Å². The minimum absolute atomic E-state index is 0.114. The van der Waals surface area contributed by atoms with Crippen molar-refractivity contribution in [2.24, 2.45) is 0 Å². The molecule has 1 N–H and O–H groups in total. The molecular formula is C13H12F3NO3. The lowest BCUT2D eigenvalue weighted by molar-refractivity contribution is -0.144. The third-order valence-corrected chi connectivity index (χ3v) is 2.69. The van der Waals surface area contributed by atoms with E-state index in [1.807, 2.05) is 0 Å². The zero-order valence-corrected chi connectivity index (χ0v) is 10.6. The van der Waals surface area contributed by atoms with Crippen molar-refractivity contribution < 1.29 is 27.5 Å². The maximum atomic E-state index is 12.2. The lowest BCUT2D eigenvalue weighted by atomic mass is 10.1. The van der Waals surface area contributed by atoms with Gasteiger partial charge in [0.15, 0.2) is 0 Å². The molecule has 108 valence electrons. The van der Waals surface area contributed by atoms with Crippen molar-refractivity contribution in [1.29, 1.82) is 0 Å². The molecular weight excluding hydrogens is 275 g/mol. The van der Waals surface area contributed by atoms with Gasteiger partial charge in [-0.1, -0.05) is 6.07 Å². The van der Waals surface area contributed by atoms with Gasteiger partial charge < -0.3 is 9.52 Å². The number of carbonyl (C=O) groups is 1. The van der Waals surface area contributed by atoms with Gasteiger partial charge in [-0.3, -0.25) is 4.90 Å². The third-order valence-electron chi connectivity index (χ3n) is 2.69. The molecule has 0 unspecified atom stereocenters. The standard InChI is InChI=1S/C13H12F3NO3/c1-17(7-13(14,15)16)6-8-2-3-10-9(4-8)5-11(20-10)12(18)19/h2-5H,6-7H2,1H3,(H,18,19). The van der Waals surface area contributed by atoms with Crippen molar-refractivity contribution >= 4 is 16.9 Å². The van der Waals surface area contributed by atoms with Crippen molar-refractivity contribution in [3.63, 3.8) is 0 Å². The van der Waals surface area contributed by atoms with Crippen molar-refractivity contribution in [3.8, 4) is 0 Å². The Kier molecular flexibility index (Phi) is 3.71. The fraction of sp³-hybridized carbons (Fsp3) is 0.308. The number of furan rings is 1. The van der Waals surface area contributed by atoms with Crippen LogP contribution >= 0.6 is 0 Å².